The van der Waals surface area contributed by atoms with Gasteiger partial charge in [-0.2, -0.15) is 0 Å². The molecule has 0 fully saturated rings. The smallest absolute Gasteiger partial charge is 0.164 e. The zero-order valence-electron chi connectivity index (χ0n) is 22.8. The van der Waals surface area contributed by atoms with Gasteiger partial charge in [-0.05, 0) is 55.6 Å². The highest BCUT2D eigenvalue weighted by molar-refractivity contribution is 6.17. The Morgan fingerprint density at radius 2 is 0.738 bits per heavy atom. The molecule has 42 heavy (non-hydrogen) atoms. The van der Waals surface area contributed by atoms with Crippen LogP contribution in [0.2, 0.25) is 0 Å². The largest absolute Gasteiger partial charge is 0.208 e. The van der Waals surface area contributed by atoms with E-state index in [2.05, 4.69) is 91.0 Å². The van der Waals surface area contributed by atoms with Gasteiger partial charge in [0.05, 0.1) is 0 Å². The normalized spacial score (nSPS) is 11.3. The van der Waals surface area contributed by atoms with E-state index in [9.17, 15) is 0 Å². The molecule has 8 rings (SSSR count). The lowest BCUT2D eigenvalue weighted by Gasteiger charge is -2.11. The minimum Gasteiger partial charge on any atom is -0.208 e. The number of benzene rings is 7. The van der Waals surface area contributed by atoms with Crippen LogP contribution in [-0.4, -0.2) is 15.0 Å². The van der Waals surface area contributed by atoms with Gasteiger partial charge in [0.15, 0.2) is 17.5 Å². The predicted octanol–water partition coefficient (Wildman–Crippen LogP) is 10.00. The molecule has 0 aliphatic carbocycles. The highest BCUT2D eigenvalue weighted by Crippen LogP contribution is 2.35. The Bertz CT molecular complexity index is 2180. The maximum Gasteiger partial charge on any atom is 0.164 e. The van der Waals surface area contributed by atoms with Crippen molar-refractivity contribution in [3.63, 3.8) is 0 Å². The highest BCUT2D eigenvalue weighted by atomic mass is 15.0. The van der Waals surface area contributed by atoms with E-state index in [1.54, 1.807) is 0 Å². The third kappa shape index (κ3) is 4.29. The monoisotopic (exact) mass is 535 g/mol. The molecule has 0 atom stereocenters. The highest BCUT2D eigenvalue weighted by Gasteiger charge is 2.13. The Balaban J connectivity index is 1.27. The van der Waals surface area contributed by atoms with E-state index in [1.165, 1.54) is 32.3 Å². The van der Waals surface area contributed by atoms with Crippen LogP contribution in [0.15, 0.2) is 152 Å². The fourth-order valence-corrected chi connectivity index (χ4v) is 5.77. The van der Waals surface area contributed by atoms with Crippen LogP contribution >= 0.6 is 0 Å². The number of aromatic nitrogens is 3. The first kappa shape index (κ1) is 24.2. The van der Waals surface area contributed by atoms with Crippen molar-refractivity contribution in [3.8, 4) is 45.3 Å². The van der Waals surface area contributed by atoms with Crippen LogP contribution in [0.25, 0.3) is 77.6 Å². The molecule has 1 aromatic heterocycles. The summed E-state index contributed by atoms with van der Waals surface area (Å²) in [4.78, 5) is 14.7. The average Bonchev–Trinajstić information content (AvgIpc) is 3.08. The van der Waals surface area contributed by atoms with Crippen LogP contribution in [0.1, 0.15) is 0 Å². The number of hydrogen-bond acceptors (Lipinski definition) is 3. The molecular weight excluding hydrogens is 510 g/mol. The minimum absolute atomic E-state index is 0.655. The minimum atomic E-state index is 0.655. The second-order valence-corrected chi connectivity index (χ2v) is 10.5. The summed E-state index contributed by atoms with van der Waals surface area (Å²) < 4.78 is 0. The molecule has 0 amide bonds. The fourth-order valence-electron chi connectivity index (χ4n) is 5.77. The standard InChI is InChI=1S/C39H25N3/c1-3-11-28(12-4-1)37-40-38(29-13-5-2-6-14-29)42-39(41-37)32-16-9-15-30(24-32)31-19-18-27-21-22-34-33-17-8-7-10-26(33)20-23-35(34)36(27)25-31/h1-25H. The number of nitrogens with zero attached hydrogens (tertiary/aromatic N) is 3. The average molecular weight is 536 g/mol. The molecule has 8 aromatic rings. The van der Waals surface area contributed by atoms with Crippen LogP contribution in [0.3, 0.4) is 0 Å². The van der Waals surface area contributed by atoms with Crippen LogP contribution in [-0.2, 0) is 0 Å². The lowest BCUT2D eigenvalue weighted by molar-refractivity contribution is 1.07. The maximum absolute atomic E-state index is 4.93. The maximum atomic E-state index is 4.93. The number of fused-ring (bicyclic) bond motifs is 5. The summed E-state index contributed by atoms with van der Waals surface area (Å²) in [6.07, 6.45) is 0. The first-order chi connectivity index (χ1) is 20.8. The van der Waals surface area contributed by atoms with Crippen molar-refractivity contribution in [1.82, 2.24) is 15.0 Å². The summed E-state index contributed by atoms with van der Waals surface area (Å²) in [5.41, 5.74) is 5.15. The molecule has 0 aliphatic rings. The summed E-state index contributed by atoms with van der Waals surface area (Å²) >= 11 is 0. The molecule has 1 heterocycles. The molecule has 0 bridgehead atoms. The quantitative estimate of drug-likeness (QED) is 0.211. The fraction of sp³-hybridized carbons (Fsp3) is 0. The van der Waals surface area contributed by atoms with Gasteiger partial charge in [0.2, 0.25) is 0 Å². The van der Waals surface area contributed by atoms with Crippen LogP contribution < -0.4 is 0 Å². The van der Waals surface area contributed by atoms with Crippen molar-refractivity contribution in [2.75, 3.05) is 0 Å². The van der Waals surface area contributed by atoms with E-state index < -0.39 is 0 Å². The summed E-state index contributed by atoms with van der Waals surface area (Å²) in [5.74, 6) is 1.98. The summed E-state index contributed by atoms with van der Waals surface area (Å²) in [7, 11) is 0. The van der Waals surface area contributed by atoms with Crippen molar-refractivity contribution < 1.29 is 0 Å². The van der Waals surface area contributed by atoms with Gasteiger partial charge in [0.25, 0.3) is 0 Å². The molecule has 0 aliphatic heterocycles. The Morgan fingerprint density at radius 3 is 1.43 bits per heavy atom. The second-order valence-electron chi connectivity index (χ2n) is 10.5. The lowest BCUT2D eigenvalue weighted by Crippen LogP contribution is -2.00. The van der Waals surface area contributed by atoms with Gasteiger partial charge in [-0.3, -0.25) is 0 Å². The molecule has 3 heteroatoms. The topological polar surface area (TPSA) is 38.7 Å². The van der Waals surface area contributed by atoms with E-state index >= 15 is 0 Å². The Kier molecular flexibility index (Phi) is 5.79. The second kappa shape index (κ2) is 10.1. The van der Waals surface area contributed by atoms with Gasteiger partial charge in [0, 0.05) is 16.7 Å². The number of rotatable bonds is 4. The third-order valence-electron chi connectivity index (χ3n) is 7.90. The summed E-state index contributed by atoms with van der Waals surface area (Å²) in [6.45, 7) is 0. The predicted molar refractivity (Wildman–Crippen MR) is 174 cm³/mol. The van der Waals surface area contributed by atoms with Crippen molar-refractivity contribution in [2.45, 2.75) is 0 Å². The van der Waals surface area contributed by atoms with Crippen molar-refractivity contribution in [3.05, 3.63) is 152 Å². The van der Waals surface area contributed by atoms with Crippen LogP contribution in [0, 0.1) is 0 Å². The third-order valence-corrected chi connectivity index (χ3v) is 7.90. The van der Waals surface area contributed by atoms with E-state index in [0.717, 1.165) is 27.8 Å². The molecular formula is C39H25N3. The van der Waals surface area contributed by atoms with E-state index in [0.29, 0.717) is 17.5 Å². The molecule has 196 valence electrons. The molecule has 0 spiro atoms. The Labute approximate surface area is 243 Å². The van der Waals surface area contributed by atoms with Gasteiger partial charge in [-0.15, -0.1) is 0 Å². The molecule has 0 N–H and O–H groups in total. The molecule has 0 radical (unpaired) electrons. The Hall–Kier alpha value is -5.67. The first-order valence-electron chi connectivity index (χ1n) is 14.1. The zero-order chi connectivity index (χ0) is 27.9. The van der Waals surface area contributed by atoms with E-state index in [-0.39, 0.29) is 0 Å². The van der Waals surface area contributed by atoms with Crippen molar-refractivity contribution in [2.24, 2.45) is 0 Å². The van der Waals surface area contributed by atoms with Crippen molar-refractivity contribution >= 4 is 32.3 Å². The van der Waals surface area contributed by atoms with Crippen LogP contribution in [0.5, 0.6) is 0 Å². The van der Waals surface area contributed by atoms with Gasteiger partial charge >= 0.3 is 0 Å². The van der Waals surface area contributed by atoms with Crippen molar-refractivity contribution in [1.29, 1.82) is 0 Å². The molecule has 7 aromatic carbocycles. The first-order valence-corrected chi connectivity index (χ1v) is 14.1. The molecule has 0 saturated carbocycles. The van der Waals surface area contributed by atoms with Crippen LogP contribution in [0.4, 0.5) is 0 Å². The zero-order valence-corrected chi connectivity index (χ0v) is 22.8. The van der Waals surface area contributed by atoms with E-state index in [1.807, 2.05) is 60.7 Å². The summed E-state index contributed by atoms with van der Waals surface area (Å²) in [5, 5.41) is 7.56. The van der Waals surface area contributed by atoms with Gasteiger partial charge in [0.1, 0.15) is 0 Å². The molecule has 0 unspecified atom stereocenters. The lowest BCUT2D eigenvalue weighted by atomic mass is 9.94. The SMILES string of the molecule is c1ccc(-c2nc(-c3ccccc3)nc(-c3cccc(-c4ccc5ccc6c7ccccc7ccc6c5c4)c3)n2)cc1. The van der Waals surface area contributed by atoms with E-state index in [4.69, 9.17) is 15.0 Å². The Morgan fingerprint density at radius 1 is 0.262 bits per heavy atom. The van der Waals surface area contributed by atoms with Gasteiger partial charge < -0.3 is 0 Å². The van der Waals surface area contributed by atoms with Gasteiger partial charge in [-0.25, -0.2) is 15.0 Å². The number of hydrogen-bond donors (Lipinski definition) is 0. The summed E-state index contributed by atoms with van der Waals surface area (Å²) in [6, 6.07) is 52.9. The van der Waals surface area contributed by atoms with Gasteiger partial charge in [-0.1, -0.05) is 140 Å². The molecule has 0 saturated heterocycles. The molecule has 3 nitrogen and oxygen atoms in total.